The number of hydrogen-bond donors (Lipinski definition) is 2. The Morgan fingerprint density at radius 1 is 1.07 bits per heavy atom. The maximum Gasteiger partial charge on any atom is 0.230 e. The Morgan fingerprint density at radius 3 is 2.53 bits per heavy atom. The van der Waals surface area contributed by atoms with Crippen LogP contribution in [-0.4, -0.2) is 42.2 Å². The molecule has 0 aliphatic rings. The molecule has 1 heterocycles. The van der Waals surface area contributed by atoms with E-state index in [1.54, 1.807) is 26.0 Å². The summed E-state index contributed by atoms with van der Waals surface area (Å²) in [6.07, 6.45) is 2.02. The monoisotopic (exact) mass is 426 g/mol. The fourth-order valence-electron chi connectivity index (χ4n) is 3.51. The number of ether oxygens (including phenoxy) is 2. The van der Waals surface area contributed by atoms with Crippen LogP contribution in [-0.2, 0) is 4.79 Å². The SMILES string of the molecule is COc1cccc(C(CNC(=O)CSC(C)(C)C)c2c[nH]c3ccccc23)c1OC. The number of nitrogens with one attached hydrogen (secondary N) is 2. The number of para-hydroxylation sites is 2. The molecule has 2 aromatic carbocycles. The summed E-state index contributed by atoms with van der Waals surface area (Å²) in [6, 6.07) is 14.1. The Labute approximate surface area is 182 Å². The highest BCUT2D eigenvalue weighted by molar-refractivity contribution is 8.01. The fourth-order valence-corrected chi connectivity index (χ4v) is 4.17. The van der Waals surface area contributed by atoms with E-state index in [-0.39, 0.29) is 16.6 Å². The van der Waals surface area contributed by atoms with Gasteiger partial charge in [-0.05, 0) is 17.7 Å². The molecule has 6 heteroatoms. The number of carbonyl (C=O) groups excluding carboxylic acids is 1. The zero-order chi connectivity index (χ0) is 21.7. The number of carbonyl (C=O) groups is 1. The standard InChI is InChI=1S/C24H30N2O3S/c1-24(2,3)30-15-22(27)26-14-19(17-10-8-12-21(28-4)23(17)29-5)18-13-25-20-11-7-6-9-16(18)20/h6-13,19,25H,14-15H2,1-5H3,(H,26,27). The molecule has 0 saturated heterocycles. The van der Waals surface area contributed by atoms with E-state index in [1.807, 2.05) is 36.5 Å². The Hall–Kier alpha value is -2.60. The van der Waals surface area contributed by atoms with E-state index in [0.29, 0.717) is 23.8 Å². The normalized spacial score (nSPS) is 12.6. The van der Waals surface area contributed by atoms with Gasteiger partial charge in [-0.1, -0.05) is 51.1 Å². The van der Waals surface area contributed by atoms with Gasteiger partial charge in [-0.3, -0.25) is 4.79 Å². The first kappa shape index (κ1) is 22.1. The topological polar surface area (TPSA) is 63.3 Å². The van der Waals surface area contributed by atoms with Gasteiger partial charge in [0, 0.05) is 39.9 Å². The number of aromatic nitrogens is 1. The van der Waals surface area contributed by atoms with Crippen LogP contribution in [0.3, 0.4) is 0 Å². The Bertz CT molecular complexity index is 1010. The molecule has 0 aliphatic heterocycles. The number of thioether (sulfide) groups is 1. The number of hydrogen-bond acceptors (Lipinski definition) is 4. The molecule has 0 aliphatic carbocycles. The highest BCUT2D eigenvalue weighted by atomic mass is 32.2. The average molecular weight is 427 g/mol. The van der Waals surface area contributed by atoms with Crippen LogP contribution in [0.4, 0.5) is 0 Å². The number of fused-ring (bicyclic) bond motifs is 1. The third kappa shape index (κ3) is 5.11. The lowest BCUT2D eigenvalue weighted by molar-refractivity contribution is -0.118. The summed E-state index contributed by atoms with van der Waals surface area (Å²) in [7, 11) is 3.28. The molecule has 3 rings (SSSR count). The number of benzene rings is 2. The third-order valence-electron chi connectivity index (χ3n) is 4.95. The Kier molecular flexibility index (Phi) is 6.98. The summed E-state index contributed by atoms with van der Waals surface area (Å²) in [4.78, 5) is 15.9. The molecule has 1 unspecified atom stereocenters. The molecule has 0 radical (unpaired) electrons. The lowest BCUT2D eigenvalue weighted by Gasteiger charge is -2.22. The molecule has 0 fully saturated rings. The van der Waals surface area contributed by atoms with Gasteiger partial charge in [0.1, 0.15) is 0 Å². The molecular weight excluding hydrogens is 396 g/mol. The molecule has 3 aromatic rings. The van der Waals surface area contributed by atoms with Gasteiger partial charge in [0.25, 0.3) is 0 Å². The summed E-state index contributed by atoms with van der Waals surface area (Å²) in [5.41, 5.74) is 3.15. The lowest BCUT2D eigenvalue weighted by Crippen LogP contribution is -2.31. The van der Waals surface area contributed by atoms with E-state index < -0.39 is 0 Å². The van der Waals surface area contributed by atoms with Gasteiger partial charge < -0.3 is 19.8 Å². The predicted octanol–water partition coefficient (Wildman–Crippen LogP) is 4.96. The minimum atomic E-state index is -0.0882. The number of methoxy groups -OCH3 is 2. The molecule has 1 atom stereocenters. The van der Waals surface area contributed by atoms with E-state index in [1.165, 1.54) is 0 Å². The average Bonchev–Trinajstić information content (AvgIpc) is 3.15. The first-order chi connectivity index (χ1) is 14.3. The number of rotatable bonds is 8. The van der Waals surface area contributed by atoms with Crippen molar-refractivity contribution in [3.8, 4) is 11.5 Å². The maximum atomic E-state index is 12.5. The van der Waals surface area contributed by atoms with Gasteiger partial charge in [0.05, 0.1) is 20.0 Å². The van der Waals surface area contributed by atoms with Gasteiger partial charge in [-0.2, -0.15) is 0 Å². The minimum Gasteiger partial charge on any atom is -0.493 e. The van der Waals surface area contributed by atoms with Crippen LogP contribution in [0.1, 0.15) is 37.8 Å². The van der Waals surface area contributed by atoms with Crippen molar-refractivity contribution in [2.24, 2.45) is 0 Å². The van der Waals surface area contributed by atoms with E-state index in [4.69, 9.17) is 9.47 Å². The van der Waals surface area contributed by atoms with Crippen LogP contribution in [0, 0.1) is 0 Å². The summed E-state index contributed by atoms with van der Waals surface area (Å²) in [5, 5.41) is 4.26. The molecule has 5 nitrogen and oxygen atoms in total. The quantitative estimate of drug-likeness (QED) is 0.534. The number of H-pyrrole nitrogens is 1. The second-order valence-electron chi connectivity index (χ2n) is 8.13. The molecule has 160 valence electrons. The Morgan fingerprint density at radius 2 is 1.83 bits per heavy atom. The summed E-state index contributed by atoms with van der Waals surface area (Å²) in [6.45, 7) is 6.80. The second-order valence-corrected chi connectivity index (χ2v) is 9.93. The summed E-state index contributed by atoms with van der Waals surface area (Å²) in [5.74, 6) is 1.73. The molecule has 0 saturated carbocycles. The van der Waals surface area contributed by atoms with Crippen LogP contribution in [0.15, 0.2) is 48.7 Å². The molecule has 0 spiro atoms. The van der Waals surface area contributed by atoms with Crippen LogP contribution in [0.5, 0.6) is 11.5 Å². The van der Waals surface area contributed by atoms with E-state index in [0.717, 1.165) is 22.0 Å². The molecule has 1 amide bonds. The van der Waals surface area contributed by atoms with Crippen molar-refractivity contribution in [3.05, 3.63) is 59.8 Å². The van der Waals surface area contributed by atoms with Gasteiger partial charge in [0.2, 0.25) is 5.91 Å². The van der Waals surface area contributed by atoms with Crippen molar-refractivity contribution >= 4 is 28.6 Å². The largest absolute Gasteiger partial charge is 0.493 e. The lowest BCUT2D eigenvalue weighted by atomic mass is 9.90. The second kappa shape index (κ2) is 9.47. The van der Waals surface area contributed by atoms with Crippen LogP contribution in [0.2, 0.25) is 0 Å². The summed E-state index contributed by atoms with van der Waals surface area (Å²) < 4.78 is 11.3. The number of aromatic amines is 1. The first-order valence-corrected chi connectivity index (χ1v) is 11.0. The summed E-state index contributed by atoms with van der Waals surface area (Å²) >= 11 is 1.64. The first-order valence-electron chi connectivity index (χ1n) is 10.0. The smallest absolute Gasteiger partial charge is 0.230 e. The fraction of sp³-hybridized carbons (Fsp3) is 0.375. The van der Waals surface area contributed by atoms with Gasteiger partial charge in [0.15, 0.2) is 11.5 Å². The van der Waals surface area contributed by atoms with Crippen molar-refractivity contribution in [2.45, 2.75) is 31.4 Å². The van der Waals surface area contributed by atoms with Crippen molar-refractivity contribution in [1.29, 1.82) is 0 Å². The van der Waals surface area contributed by atoms with Crippen LogP contribution in [0.25, 0.3) is 10.9 Å². The predicted molar refractivity (Wildman–Crippen MR) is 125 cm³/mol. The molecule has 0 bridgehead atoms. The third-order valence-corrected chi connectivity index (χ3v) is 6.22. The van der Waals surface area contributed by atoms with Crippen LogP contribution < -0.4 is 14.8 Å². The van der Waals surface area contributed by atoms with E-state index in [9.17, 15) is 4.79 Å². The van der Waals surface area contributed by atoms with Gasteiger partial charge in [-0.25, -0.2) is 0 Å². The molecule has 30 heavy (non-hydrogen) atoms. The van der Waals surface area contributed by atoms with Crippen molar-refractivity contribution < 1.29 is 14.3 Å². The zero-order valence-electron chi connectivity index (χ0n) is 18.2. The van der Waals surface area contributed by atoms with Crippen molar-refractivity contribution in [2.75, 3.05) is 26.5 Å². The highest BCUT2D eigenvalue weighted by Gasteiger charge is 2.24. The van der Waals surface area contributed by atoms with E-state index in [2.05, 4.69) is 43.2 Å². The highest BCUT2D eigenvalue weighted by Crippen LogP contribution is 2.40. The number of amides is 1. The minimum absolute atomic E-state index is 0.0293. The van der Waals surface area contributed by atoms with E-state index >= 15 is 0 Å². The maximum absolute atomic E-state index is 12.5. The van der Waals surface area contributed by atoms with Crippen molar-refractivity contribution in [1.82, 2.24) is 10.3 Å². The molecular formula is C24H30N2O3S. The molecule has 1 aromatic heterocycles. The molecule has 2 N–H and O–H groups in total. The Balaban J connectivity index is 1.95. The van der Waals surface area contributed by atoms with Gasteiger partial charge >= 0.3 is 0 Å². The zero-order valence-corrected chi connectivity index (χ0v) is 19.1. The van der Waals surface area contributed by atoms with Gasteiger partial charge in [-0.15, -0.1) is 11.8 Å². The van der Waals surface area contributed by atoms with Crippen molar-refractivity contribution in [3.63, 3.8) is 0 Å². The van der Waals surface area contributed by atoms with Crippen LogP contribution >= 0.6 is 11.8 Å².